The second kappa shape index (κ2) is 7.32. The van der Waals surface area contributed by atoms with Crippen LogP contribution in [0.3, 0.4) is 0 Å². The summed E-state index contributed by atoms with van der Waals surface area (Å²) in [6, 6.07) is 8.79. The molecule has 1 spiro atoms. The number of carbonyl (C=O) groups is 2. The Balaban J connectivity index is 1.45. The van der Waals surface area contributed by atoms with Gasteiger partial charge in [-0.2, -0.15) is 0 Å². The molecule has 0 aromatic heterocycles. The van der Waals surface area contributed by atoms with Crippen molar-refractivity contribution in [2.24, 2.45) is 5.41 Å². The van der Waals surface area contributed by atoms with E-state index in [1.165, 1.54) is 11.5 Å². The second-order valence-electron chi connectivity index (χ2n) is 6.84. The SMILES string of the molecule is CN(CC(=O)N1CCC2(CCNC2)CC1)OC(=O)c1ccccc1. The zero-order chi connectivity index (χ0) is 17.0. The van der Waals surface area contributed by atoms with Crippen LogP contribution < -0.4 is 5.32 Å². The lowest BCUT2D eigenvalue weighted by atomic mass is 9.78. The first-order valence-corrected chi connectivity index (χ1v) is 8.55. The molecule has 0 unspecified atom stereocenters. The predicted octanol–water partition coefficient (Wildman–Crippen LogP) is 1.29. The summed E-state index contributed by atoms with van der Waals surface area (Å²) in [6.45, 7) is 3.83. The molecule has 0 radical (unpaired) electrons. The summed E-state index contributed by atoms with van der Waals surface area (Å²) in [6.07, 6.45) is 3.32. The van der Waals surface area contributed by atoms with Crippen molar-refractivity contribution in [3.63, 3.8) is 0 Å². The van der Waals surface area contributed by atoms with Crippen molar-refractivity contribution in [2.45, 2.75) is 19.3 Å². The zero-order valence-electron chi connectivity index (χ0n) is 14.2. The normalized spacial score (nSPS) is 19.7. The molecule has 2 saturated heterocycles. The van der Waals surface area contributed by atoms with Gasteiger partial charge in [-0.25, -0.2) is 4.79 Å². The van der Waals surface area contributed by atoms with Gasteiger partial charge >= 0.3 is 5.97 Å². The Kier molecular flexibility index (Phi) is 5.16. The molecule has 2 fully saturated rings. The number of hydroxylamine groups is 2. The average Bonchev–Trinajstić information content (AvgIpc) is 3.04. The fourth-order valence-electron chi connectivity index (χ4n) is 3.54. The summed E-state index contributed by atoms with van der Waals surface area (Å²) in [5.41, 5.74) is 0.869. The number of likely N-dealkylation sites (N-methyl/N-ethyl adjacent to an activating group) is 1. The molecule has 1 aromatic rings. The van der Waals surface area contributed by atoms with Crippen molar-refractivity contribution in [3.05, 3.63) is 35.9 Å². The molecule has 24 heavy (non-hydrogen) atoms. The van der Waals surface area contributed by atoms with Crippen molar-refractivity contribution >= 4 is 11.9 Å². The van der Waals surface area contributed by atoms with Crippen LogP contribution in [-0.2, 0) is 9.63 Å². The lowest BCUT2D eigenvalue weighted by molar-refractivity contribution is -0.146. The van der Waals surface area contributed by atoms with E-state index in [0.717, 1.165) is 39.0 Å². The van der Waals surface area contributed by atoms with Crippen molar-refractivity contribution in [3.8, 4) is 0 Å². The lowest BCUT2D eigenvalue weighted by Crippen LogP contribution is -2.47. The van der Waals surface area contributed by atoms with Gasteiger partial charge in [0.1, 0.15) is 6.54 Å². The summed E-state index contributed by atoms with van der Waals surface area (Å²) in [5.74, 6) is -0.431. The van der Waals surface area contributed by atoms with Crippen LogP contribution in [0.2, 0.25) is 0 Å². The van der Waals surface area contributed by atoms with E-state index >= 15 is 0 Å². The minimum atomic E-state index is -0.444. The smallest absolute Gasteiger partial charge is 0.357 e. The standard InChI is InChI=1S/C18H25N3O3/c1-20(24-17(23)15-5-3-2-4-6-15)13-16(22)21-11-8-18(9-12-21)7-10-19-14-18/h2-6,19H,7-14H2,1H3. The first-order valence-electron chi connectivity index (χ1n) is 8.55. The number of nitrogens with one attached hydrogen (secondary N) is 1. The molecule has 2 aliphatic heterocycles. The molecule has 0 bridgehead atoms. The van der Waals surface area contributed by atoms with Gasteiger partial charge in [-0.3, -0.25) is 4.79 Å². The van der Waals surface area contributed by atoms with Crippen molar-refractivity contribution in [1.82, 2.24) is 15.3 Å². The first kappa shape index (κ1) is 16.9. The second-order valence-corrected chi connectivity index (χ2v) is 6.84. The van der Waals surface area contributed by atoms with Crippen molar-refractivity contribution in [1.29, 1.82) is 0 Å². The Morgan fingerprint density at radius 3 is 2.54 bits per heavy atom. The molecular weight excluding hydrogens is 306 g/mol. The largest absolute Gasteiger partial charge is 0.364 e. The average molecular weight is 331 g/mol. The van der Waals surface area contributed by atoms with Gasteiger partial charge in [0.05, 0.1) is 5.56 Å². The van der Waals surface area contributed by atoms with E-state index in [4.69, 9.17) is 4.84 Å². The van der Waals surface area contributed by atoms with Crippen LogP contribution in [0, 0.1) is 5.41 Å². The van der Waals surface area contributed by atoms with Crippen LogP contribution in [0.1, 0.15) is 29.6 Å². The van der Waals surface area contributed by atoms with E-state index in [0.29, 0.717) is 11.0 Å². The quantitative estimate of drug-likeness (QED) is 0.843. The highest BCUT2D eigenvalue weighted by Gasteiger charge is 2.38. The summed E-state index contributed by atoms with van der Waals surface area (Å²) >= 11 is 0. The summed E-state index contributed by atoms with van der Waals surface area (Å²) in [4.78, 5) is 31.5. The lowest BCUT2D eigenvalue weighted by Gasteiger charge is -2.39. The van der Waals surface area contributed by atoms with Crippen molar-refractivity contribution < 1.29 is 14.4 Å². The van der Waals surface area contributed by atoms with Crippen LogP contribution in [0.25, 0.3) is 0 Å². The van der Waals surface area contributed by atoms with Gasteiger partial charge in [0.2, 0.25) is 5.91 Å². The maximum absolute atomic E-state index is 12.4. The van der Waals surface area contributed by atoms with Crippen molar-refractivity contribution in [2.75, 3.05) is 39.8 Å². The van der Waals surface area contributed by atoms with Crippen LogP contribution in [-0.4, -0.2) is 61.6 Å². The van der Waals surface area contributed by atoms with Crippen LogP contribution in [0.4, 0.5) is 0 Å². The summed E-state index contributed by atoms with van der Waals surface area (Å²) in [5, 5.41) is 4.75. The van der Waals surface area contributed by atoms with E-state index in [1.807, 2.05) is 11.0 Å². The number of rotatable bonds is 4. The Morgan fingerprint density at radius 1 is 1.21 bits per heavy atom. The number of nitrogens with zero attached hydrogens (tertiary/aromatic N) is 2. The first-order chi connectivity index (χ1) is 11.6. The molecule has 130 valence electrons. The highest BCUT2D eigenvalue weighted by Crippen LogP contribution is 2.36. The Bertz CT molecular complexity index is 574. The van der Waals surface area contributed by atoms with Gasteiger partial charge in [0.25, 0.3) is 0 Å². The number of likely N-dealkylation sites (tertiary alicyclic amines) is 1. The number of hydrogen-bond donors (Lipinski definition) is 1. The van der Waals surface area contributed by atoms with E-state index in [2.05, 4.69) is 5.32 Å². The molecule has 6 heteroatoms. The highest BCUT2D eigenvalue weighted by molar-refractivity contribution is 5.89. The van der Waals surface area contributed by atoms with Gasteiger partial charge in [0, 0.05) is 26.7 Å². The number of benzene rings is 1. The Labute approximate surface area is 142 Å². The molecule has 2 heterocycles. The van der Waals surface area contributed by atoms with Crippen LogP contribution in [0.5, 0.6) is 0 Å². The van der Waals surface area contributed by atoms with Gasteiger partial charge in [0.15, 0.2) is 0 Å². The molecule has 1 amide bonds. The monoisotopic (exact) mass is 331 g/mol. The molecular formula is C18H25N3O3. The molecule has 1 N–H and O–H groups in total. The third-order valence-electron chi connectivity index (χ3n) is 5.12. The predicted molar refractivity (Wildman–Crippen MR) is 90.2 cm³/mol. The van der Waals surface area contributed by atoms with Gasteiger partial charge < -0.3 is 15.1 Å². The summed E-state index contributed by atoms with van der Waals surface area (Å²) in [7, 11) is 1.62. The third-order valence-corrected chi connectivity index (χ3v) is 5.12. The molecule has 3 rings (SSSR count). The third kappa shape index (κ3) is 3.94. The zero-order valence-corrected chi connectivity index (χ0v) is 14.2. The Morgan fingerprint density at radius 2 is 1.92 bits per heavy atom. The molecule has 0 saturated carbocycles. The molecule has 6 nitrogen and oxygen atoms in total. The van der Waals surface area contributed by atoms with Gasteiger partial charge in [-0.1, -0.05) is 18.2 Å². The minimum absolute atomic E-state index is 0.0131. The Hall–Kier alpha value is -1.92. The highest BCUT2D eigenvalue weighted by atomic mass is 16.7. The molecule has 1 aromatic carbocycles. The topological polar surface area (TPSA) is 61.9 Å². The van der Waals surface area contributed by atoms with E-state index in [-0.39, 0.29) is 12.5 Å². The van der Waals surface area contributed by atoms with Gasteiger partial charge in [-0.15, -0.1) is 5.06 Å². The van der Waals surface area contributed by atoms with Crippen LogP contribution >= 0.6 is 0 Å². The van der Waals surface area contributed by atoms with E-state index < -0.39 is 5.97 Å². The van der Waals surface area contributed by atoms with E-state index in [9.17, 15) is 9.59 Å². The van der Waals surface area contributed by atoms with E-state index in [1.54, 1.807) is 31.3 Å². The summed E-state index contributed by atoms with van der Waals surface area (Å²) < 4.78 is 0. The van der Waals surface area contributed by atoms with Crippen LogP contribution in [0.15, 0.2) is 30.3 Å². The number of hydrogen-bond acceptors (Lipinski definition) is 5. The maximum Gasteiger partial charge on any atom is 0.357 e. The molecule has 0 atom stereocenters. The molecule has 2 aliphatic rings. The fraction of sp³-hybridized carbons (Fsp3) is 0.556. The van der Waals surface area contributed by atoms with Gasteiger partial charge in [-0.05, 0) is 43.4 Å². The number of piperidine rings is 1. The number of amides is 1. The fourth-order valence-corrected chi connectivity index (χ4v) is 3.54. The maximum atomic E-state index is 12.4. The molecule has 0 aliphatic carbocycles. The minimum Gasteiger partial charge on any atom is -0.364 e. The number of carbonyl (C=O) groups excluding carboxylic acids is 2.